The van der Waals surface area contributed by atoms with E-state index in [2.05, 4.69) is 18.9 Å². The summed E-state index contributed by atoms with van der Waals surface area (Å²) in [6.45, 7) is 8.99. The third-order valence-electron chi connectivity index (χ3n) is 2.32. The van der Waals surface area contributed by atoms with Crippen LogP contribution in [-0.4, -0.2) is 16.6 Å². The number of hydrogen-bond acceptors (Lipinski definition) is 2. The lowest BCUT2D eigenvalue weighted by molar-refractivity contribution is 0.0752. The monoisotopic (exact) mass is 182 g/mol. The number of unbranched alkanes of at least 4 members (excludes halogenated alkanes) is 1. The average Bonchev–Trinajstić information content (AvgIpc) is 2.34. The second-order valence-corrected chi connectivity index (χ2v) is 3.36. The Kier molecular flexibility index (Phi) is 3.34. The molecule has 0 aromatic carbocycles. The Morgan fingerprint density at radius 2 is 2.00 bits per heavy atom. The summed E-state index contributed by atoms with van der Waals surface area (Å²) in [5, 5.41) is 4.28. The molecule has 3 heteroatoms. The van der Waals surface area contributed by atoms with E-state index in [1.807, 2.05) is 13.8 Å². The highest BCUT2D eigenvalue weighted by molar-refractivity contribution is 5.21. The molecule has 0 aliphatic carbocycles. The van der Waals surface area contributed by atoms with Crippen LogP contribution in [0.15, 0.2) is 0 Å². The zero-order valence-corrected chi connectivity index (χ0v) is 8.92. The van der Waals surface area contributed by atoms with Crippen molar-refractivity contribution in [2.24, 2.45) is 0 Å². The van der Waals surface area contributed by atoms with E-state index in [4.69, 9.17) is 4.84 Å². The molecule has 0 fully saturated rings. The summed E-state index contributed by atoms with van der Waals surface area (Å²) < 4.78 is 0. The van der Waals surface area contributed by atoms with Crippen LogP contribution in [0.2, 0.25) is 0 Å². The van der Waals surface area contributed by atoms with Crippen LogP contribution in [0.1, 0.15) is 36.7 Å². The Balaban J connectivity index is 2.61. The summed E-state index contributed by atoms with van der Waals surface area (Å²) in [4.78, 5) is 7.12. The van der Waals surface area contributed by atoms with E-state index < -0.39 is 0 Å². The van der Waals surface area contributed by atoms with E-state index in [1.54, 1.807) is 4.85 Å². The Bertz CT molecular complexity index is 279. The van der Waals surface area contributed by atoms with Gasteiger partial charge in [0.05, 0.1) is 11.4 Å². The van der Waals surface area contributed by atoms with Gasteiger partial charge in [0.25, 0.3) is 0 Å². The maximum atomic E-state index is 5.48. The second kappa shape index (κ2) is 4.30. The Labute approximate surface area is 79.7 Å². The molecule has 1 aromatic heterocycles. The van der Waals surface area contributed by atoms with E-state index in [0.717, 1.165) is 30.8 Å². The fourth-order valence-electron chi connectivity index (χ4n) is 1.11. The molecule has 0 amide bonds. The molecule has 1 aromatic rings. The lowest BCUT2D eigenvalue weighted by Gasteiger charge is -2.05. The van der Waals surface area contributed by atoms with Gasteiger partial charge in [-0.1, -0.05) is 13.3 Å². The molecule has 0 unspecified atom stereocenters. The van der Waals surface area contributed by atoms with Crippen molar-refractivity contribution in [1.29, 1.82) is 0 Å². The van der Waals surface area contributed by atoms with E-state index in [-0.39, 0.29) is 0 Å². The highest BCUT2D eigenvalue weighted by Gasteiger charge is 2.06. The Morgan fingerprint density at radius 3 is 2.46 bits per heavy atom. The molecule has 0 aliphatic rings. The highest BCUT2D eigenvalue weighted by atomic mass is 16.7. The van der Waals surface area contributed by atoms with Gasteiger partial charge in [0.2, 0.25) is 0 Å². The van der Waals surface area contributed by atoms with Crippen LogP contribution in [0.25, 0.3) is 0 Å². The average molecular weight is 182 g/mol. The van der Waals surface area contributed by atoms with Crippen LogP contribution in [0.4, 0.5) is 0 Å². The van der Waals surface area contributed by atoms with Gasteiger partial charge >= 0.3 is 0 Å². The SMILES string of the molecule is CCCCOn1nc(C)c(C)c1C. The molecule has 74 valence electrons. The minimum absolute atomic E-state index is 0.748. The minimum Gasteiger partial charge on any atom is -0.396 e. The van der Waals surface area contributed by atoms with Gasteiger partial charge in [-0.05, 0) is 32.8 Å². The second-order valence-electron chi connectivity index (χ2n) is 3.36. The molecule has 1 heterocycles. The molecule has 0 atom stereocenters. The first kappa shape index (κ1) is 10.1. The molecule has 0 saturated heterocycles. The maximum absolute atomic E-state index is 5.48. The summed E-state index contributed by atoms with van der Waals surface area (Å²) in [6.07, 6.45) is 2.23. The first-order valence-electron chi connectivity index (χ1n) is 4.83. The van der Waals surface area contributed by atoms with Crippen LogP contribution < -0.4 is 4.84 Å². The van der Waals surface area contributed by atoms with Crippen molar-refractivity contribution in [3.63, 3.8) is 0 Å². The van der Waals surface area contributed by atoms with Gasteiger partial charge in [-0.15, -0.1) is 9.94 Å². The molecule has 0 aliphatic heterocycles. The quantitative estimate of drug-likeness (QED) is 0.666. The molecule has 1 rings (SSSR count). The smallest absolute Gasteiger partial charge is 0.117 e. The maximum Gasteiger partial charge on any atom is 0.117 e. The van der Waals surface area contributed by atoms with Gasteiger partial charge in [0.15, 0.2) is 0 Å². The normalized spacial score (nSPS) is 10.5. The minimum atomic E-state index is 0.748. The number of rotatable bonds is 4. The molecule has 0 bridgehead atoms. The molecule has 3 nitrogen and oxygen atoms in total. The summed E-state index contributed by atoms with van der Waals surface area (Å²) >= 11 is 0. The number of aromatic nitrogens is 2. The molecule has 0 spiro atoms. The number of hydrogen-bond donors (Lipinski definition) is 0. The molecular formula is C10H18N2O. The standard InChI is InChI=1S/C10H18N2O/c1-5-6-7-13-12-10(4)8(2)9(3)11-12/h5-7H2,1-4H3. The number of nitrogens with zero attached hydrogens (tertiary/aromatic N) is 2. The van der Waals surface area contributed by atoms with Gasteiger partial charge < -0.3 is 4.84 Å². The van der Waals surface area contributed by atoms with Crippen LogP contribution in [0.5, 0.6) is 0 Å². The summed E-state index contributed by atoms with van der Waals surface area (Å²) in [6, 6.07) is 0. The van der Waals surface area contributed by atoms with Gasteiger partial charge in [-0.3, -0.25) is 0 Å². The fourth-order valence-corrected chi connectivity index (χ4v) is 1.11. The lowest BCUT2D eigenvalue weighted by atomic mass is 10.2. The van der Waals surface area contributed by atoms with Gasteiger partial charge in [-0.2, -0.15) is 0 Å². The van der Waals surface area contributed by atoms with Gasteiger partial charge in [0, 0.05) is 0 Å². The summed E-state index contributed by atoms with van der Waals surface area (Å²) in [7, 11) is 0. The molecule has 0 N–H and O–H groups in total. The van der Waals surface area contributed by atoms with Crippen molar-refractivity contribution in [3.05, 3.63) is 17.0 Å². The van der Waals surface area contributed by atoms with Crippen LogP contribution >= 0.6 is 0 Å². The van der Waals surface area contributed by atoms with Crippen LogP contribution in [-0.2, 0) is 0 Å². The Hall–Kier alpha value is -0.990. The molecule has 0 saturated carbocycles. The summed E-state index contributed by atoms with van der Waals surface area (Å²) in [5.41, 5.74) is 3.37. The molecule has 13 heavy (non-hydrogen) atoms. The van der Waals surface area contributed by atoms with E-state index in [9.17, 15) is 0 Å². The van der Waals surface area contributed by atoms with Gasteiger partial charge in [0.1, 0.15) is 6.61 Å². The third kappa shape index (κ3) is 2.23. The topological polar surface area (TPSA) is 27.1 Å². The predicted octanol–water partition coefficient (Wildman–Crippen LogP) is 2.04. The van der Waals surface area contributed by atoms with Crippen molar-refractivity contribution >= 4 is 0 Å². The Morgan fingerprint density at radius 1 is 1.31 bits per heavy atom. The van der Waals surface area contributed by atoms with Crippen molar-refractivity contribution < 1.29 is 4.84 Å². The molecular weight excluding hydrogens is 164 g/mol. The van der Waals surface area contributed by atoms with E-state index in [1.165, 1.54) is 5.56 Å². The number of aryl methyl sites for hydroxylation is 1. The van der Waals surface area contributed by atoms with Crippen molar-refractivity contribution in [3.8, 4) is 0 Å². The zero-order chi connectivity index (χ0) is 9.84. The van der Waals surface area contributed by atoms with Gasteiger partial charge in [-0.25, -0.2) is 0 Å². The van der Waals surface area contributed by atoms with E-state index >= 15 is 0 Å². The van der Waals surface area contributed by atoms with Crippen molar-refractivity contribution in [2.45, 2.75) is 40.5 Å². The first-order chi connectivity index (χ1) is 6.16. The first-order valence-corrected chi connectivity index (χ1v) is 4.83. The predicted molar refractivity (Wildman–Crippen MR) is 52.8 cm³/mol. The molecule has 0 radical (unpaired) electrons. The van der Waals surface area contributed by atoms with E-state index in [0.29, 0.717) is 0 Å². The van der Waals surface area contributed by atoms with Crippen LogP contribution in [0.3, 0.4) is 0 Å². The fraction of sp³-hybridized carbons (Fsp3) is 0.700. The lowest BCUT2D eigenvalue weighted by Crippen LogP contribution is -2.15. The highest BCUT2D eigenvalue weighted by Crippen LogP contribution is 2.09. The van der Waals surface area contributed by atoms with Crippen LogP contribution in [0, 0.1) is 20.8 Å². The van der Waals surface area contributed by atoms with Crippen molar-refractivity contribution in [2.75, 3.05) is 6.61 Å². The zero-order valence-electron chi connectivity index (χ0n) is 8.92. The summed E-state index contributed by atoms with van der Waals surface area (Å²) in [5.74, 6) is 0. The van der Waals surface area contributed by atoms with Crippen molar-refractivity contribution in [1.82, 2.24) is 9.94 Å². The third-order valence-corrected chi connectivity index (χ3v) is 2.32. The largest absolute Gasteiger partial charge is 0.396 e.